The molecular weight excluding hydrogens is 728 g/mol. The highest BCUT2D eigenvalue weighted by atomic mass is 16.7. The van der Waals surface area contributed by atoms with Gasteiger partial charge in [0.25, 0.3) is 0 Å². The molecule has 0 saturated heterocycles. The van der Waals surface area contributed by atoms with Crippen LogP contribution in [-0.2, 0) is 19.0 Å². The van der Waals surface area contributed by atoms with Crippen molar-refractivity contribution in [1.82, 2.24) is 4.90 Å². The number of methoxy groups -OCH3 is 1. The Morgan fingerprint density at radius 3 is 2.46 bits per heavy atom. The maximum absolute atomic E-state index is 13.8. The predicted molar refractivity (Wildman–Crippen MR) is 218 cm³/mol. The zero-order valence-corrected chi connectivity index (χ0v) is 33.2. The van der Waals surface area contributed by atoms with E-state index in [2.05, 4.69) is 30.9 Å². The number of carbonyl (C=O) groups is 1. The Morgan fingerprint density at radius 2 is 1.72 bits per heavy atom. The third-order valence-corrected chi connectivity index (χ3v) is 11.4. The first kappa shape index (κ1) is 42.2. The first-order chi connectivity index (χ1) is 27.9. The number of fused-ring (bicyclic) bond motifs is 3. The van der Waals surface area contributed by atoms with Gasteiger partial charge in [-0.3, -0.25) is 4.90 Å². The second kappa shape index (κ2) is 20.3. The molecule has 12 heteroatoms. The molecule has 1 saturated carbocycles. The summed E-state index contributed by atoms with van der Waals surface area (Å²) in [6, 6.07) is 19.4. The van der Waals surface area contributed by atoms with Gasteiger partial charge in [-0.2, -0.15) is 0 Å². The topological polar surface area (TPSA) is 149 Å². The number of carbonyl (C=O) groups excluding carboxylic acids is 1. The number of hydrogen-bond donors (Lipinski definition) is 3. The van der Waals surface area contributed by atoms with Crippen molar-refractivity contribution in [2.45, 2.75) is 69.6 Å². The van der Waals surface area contributed by atoms with Gasteiger partial charge in [-0.05, 0) is 91.1 Å². The molecular formula is C45H58N2O10. The Bertz CT molecular complexity index is 1860. The molecule has 1 aliphatic heterocycles. The van der Waals surface area contributed by atoms with Gasteiger partial charge < -0.3 is 43.8 Å². The van der Waals surface area contributed by atoms with E-state index in [9.17, 15) is 20.1 Å². The van der Waals surface area contributed by atoms with Crippen LogP contribution in [-0.4, -0.2) is 104 Å². The number of oxime groups is 1. The van der Waals surface area contributed by atoms with Gasteiger partial charge in [0.15, 0.2) is 0 Å². The number of ether oxygens (including phenoxy) is 5. The standard InChI is InChI=1S/C45H58N2O10/c1-4-24-54-45-41(47(44(51)52-3)20-25-53-26-23-50)30-39(46-55-5-2)37-28-33(14-8-10-21-48)36(15-9-11-22-49)42(43(37)45)38-29-35(18-19-40(38)57-45)56-34-17-16-31-12-6-7-13-32(31)27-34/h4,6-7,12-13,16-19,27-29,33,36,41-43,48-50H,1,5,8-11,14-15,20-26,30H2,2-3H3. The summed E-state index contributed by atoms with van der Waals surface area (Å²) in [5.74, 6) is 0.00855. The van der Waals surface area contributed by atoms with Crippen LogP contribution in [0.5, 0.6) is 17.2 Å². The summed E-state index contributed by atoms with van der Waals surface area (Å²) in [6.45, 7) is 6.78. The molecule has 12 nitrogen and oxygen atoms in total. The van der Waals surface area contributed by atoms with Crippen molar-refractivity contribution in [2.24, 2.45) is 22.9 Å². The molecule has 1 amide bonds. The van der Waals surface area contributed by atoms with Gasteiger partial charge in [0, 0.05) is 37.7 Å². The van der Waals surface area contributed by atoms with E-state index in [0.29, 0.717) is 42.4 Å². The number of nitrogens with zero attached hydrogens (tertiary/aromatic N) is 2. The highest BCUT2D eigenvalue weighted by Gasteiger charge is 2.65. The van der Waals surface area contributed by atoms with Gasteiger partial charge >= 0.3 is 6.09 Å². The molecule has 6 atom stereocenters. The SMILES string of the molecule is C=CCOC12Oc3ccc(Oc4ccc5ccccc5c4)cc3C3C(CCCCO)C(CCCCO)C=C(C(=NOCC)CC1N(CCOCCO)C(=O)OC)C32. The number of aliphatic hydroxyl groups excluding tert-OH is 3. The summed E-state index contributed by atoms with van der Waals surface area (Å²) in [4.78, 5) is 21.2. The fourth-order valence-electron chi connectivity index (χ4n) is 9.04. The van der Waals surface area contributed by atoms with Crippen molar-refractivity contribution in [3.8, 4) is 17.2 Å². The Kier molecular flexibility index (Phi) is 15.0. The summed E-state index contributed by atoms with van der Waals surface area (Å²) in [5.41, 5.74) is 2.58. The fraction of sp³-hybridized carbons (Fsp3) is 0.511. The zero-order valence-electron chi connectivity index (χ0n) is 33.2. The Morgan fingerprint density at radius 1 is 0.965 bits per heavy atom. The number of hydrogen-bond acceptors (Lipinski definition) is 11. The maximum Gasteiger partial charge on any atom is 0.410 e. The maximum atomic E-state index is 13.8. The van der Waals surface area contributed by atoms with Crippen molar-refractivity contribution < 1.29 is 48.6 Å². The van der Waals surface area contributed by atoms with Crippen LogP contribution in [0.2, 0.25) is 0 Å². The average Bonchev–Trinajstić information content (AvgIpc) is 3.23. The smallest absolute Gasteiger partial charge is 0.410 e. The monoisotopic (exact) mass is 786 g/mol. The highest BCUT2D eigenvalue weighted by molar-refractivity contribution is 6.03. The lowest BCUT2D eigenvalue weighted by atomic mass is 9.55. The number of benzene rings is 3. The lowest BCUT2D eigenvalue weighted by molar-refractivity contribution is -0.255. The number of allylic oxidation sites excluding steroid dienone is 1. The van der Waals surface area contributed by atoms with Gasteiger partial charge in [-0.25, -0.2) is 4.79 Å². The molecule has 0 radical (unpaired) electrons. The highest BCUT2D eigenvalue weighted by Crippen LogP contribution is 2.62. The van der Waals surface area contributed by atoms with E-state index in [1.165, 1.54) is 7.11 Å². The van der Waals surface area contributed by atoms with Crippen LogP contribution in [0.25, 0.3) is 10.8 Å². The molecule has 3 aliphatic rings. The largest absolute Gasteiger partial charge is 0.459 e. The molecule has 6 unspecified atom stereocenters. The molecule has 6 rings (SSSR count). The van der Waals surface area contributed by atoms with Crippen LogP contribution >= 0.6 is 0 Å². The second-order valence-corrected chi connectivity index (χ2v) is 14.8. The summed E-state index contributed by atoms with van der Waals surface area (Å²) < 4.78 is 31.8. The van der Waals surface area contributed by atoms with Crippen molar-refractivity contribution >= 4 is 22.6 Å². The van der Waals surface area contributed by atoms with Crippen molar-refractivity contribution in [3.63, 3.8) is 0 Å². The number of aliphatic hydroxyl groups is 3. The summed E-state index contributed by atoms with van der Waals surface area (Å²) in [6.07, 6.45) is 8.24. The van der Waals surface area contributed by atoms with E-state index < -0.39 is 23.8 Å². The fourth-order valence-corrected chi connectivity index (χ4v) is 9.04. The van der Waals surface area contributed by atoms with Crippen LogP contribution < -0.4 is 9.47 Å². The molecule has 1 fully saturated rings. The Hall–Kier alpha value is -4.46. The summed E-state index contributed by atoms with van der Waals surface area (Å²) in [7, 11) is 1.34. The minimum atomic E-state index is -1.43. The first-order valence-electron chi connectivity index (χ1n) is 20.3. The third-order valence-electron chi connectivity index (χ3n) is 11.4. The van der Waals surface area contributed by atoms with Gasteiger partial charge in [0.2, 0.25) is 5.79 Å². The lowest BCUT2D eigenvalue weighted by Gasteiger charge is -2.59. The molecule has 57 heavy (non-hydrogen) atoms. The van der Waals surface area contributed by atoms with Crippen LogP contribution in [0.4, 0.5) is 4.79 Å². The second-order valence-electron chi connectivity index (χ2n) is 14.8. The molecule has 0 aromatic heterocycles. The number of rotatable bonds is 21. The van der Waals surface area contributed by atoms with E-state index in [-0.39, 0.29) is 70.4 Å². The van der Waals surface area contributed by atoms with Gasteiger partial charge in [0.1, 0.15) is 29.9 Å². The molecule has 0 bridgehead atoms. The number of unbranched alkanes of at least 4 members (excludes halogenated alkanes) is 2. The molecule has 308 valence electrons. The van der Waals surface area contributed by atoms with Crippen molar-refractivity contribution in [1.29, 1.82) is 0 Å². The summed E-state index contributed by atoms with van der Waals surface area (Å²) in [5, 5.41) is 36.0. The van der Waals surface area contributed by atoms with Gasteiger partial charge in [-0.1, -0.05) is 60.5 Å². The normalized spacial score (nSPS) is 24.2. The van der Waals surface area contributed by atoms with E-state index in [4.69, 9.17) is 33.7 Å². The van der Waals surface area contributed by atoms with Gasteiger partial charge in [0.05, 0.1) is 45.2 Å². The minimum absolute atomic E-state index is 0.0563. The van der Waals surface area contributed by atoms with E-state index in [1.807, 2.05) is 49.4 Å². The van der Waals surface area contributed by atoms with Crippen LogP contribution in [0, 0.1) is 17.8 Å². The molecule has 3 aromatic carbocycles. The van der Waals surface area contributed by atoms with E-state index in [0.717, 1.165) is 47.6 Å². The number of amides is 1. The predicted octanol–water partition coefficient (Wildman–Crippen LogP) is 7.36. The molecule has 3 aromatic rings. The van der Waals surface area contributed by atoms with Crippen molar-refractivity contribution in [2.75, 3.05) is 59.9 Å². The average molecular weight is 787 g/mol. The summed E-state index contributed by atoms with van der Waals surface area (Å²) >= 11 is 0. The quantitative estimate of drug-likeness (QED) is 0.0568. The molecule has 1 heterocycles. The van der Waals surface area contributed by atoms with E-state index in [1.54, 1.807) is 11.0 Å². The molecule has 0 spiro atoms. The van der Waals surface area contributed by atoms with E-state index >= 15 is 0 Å². The third kappa shape index (κ3) is 9.31. The Labute approximate surface area is 335 Å². The lowest BCUT2D eigenvalue weighted by Crippen LogP contribution is -2.70. The first-order valence-corrected chi connectivity index (χ1v) is 20.3. The molecule has 3 N–H and O–H groups in total. The van der Waals surface area contributed by atoms with Crippen molar-refractivity contribution in [3.05, 3.63) is 90.5 Å². The van der Waals surface area contributed by atoms with Crippen LogP contribution in [0.1, 0.15) is 63.4 Å². The Balaban J connectivity index is 1.55. The van der Waals surface area contributed by atoms with Gasteiger partial charge in [-0.15, -0.1) is 6.58 Å². The minimum Gasteiger partial charge on any atom is -0.459 e. The molecule has 2 aliphatic carbocycles. The van der Waals surface area contributed by atoms with Crippen LogP contribution in [0.15, 0.2) is 90.1 Å². The zero-order chi connectivity index (χ0) is 40.2. The van der Waals surface area contributed by atoms with Crippen LogP contribution in [0.3, 0.4) is 0 Å².